The normalized spacial score (nSPS) is 14.7. The first-order chi connectivity index (χ1) is 11.9. The molecular formula is C17H14F3N3O2. The van der Waals surface area contributed by atoms with Gasteiger partial charge in [-0.05, 0) is 42.7 Å². The number of benzene rings is 1. The lowest BCUT2D eigenvalue weighted by molar-refractivity contribution is -0.134. The molecule has 3 rings (SSSR count). The fourth-order valence-corrected chi connectivity index (χ4v) is 2.40. The third-order valence-corrected chi connectivity index (χ3v) is 4.11. The zero-order valence-electron chi connectivity index (χ0n) is 13.0. The Morgan fingerprint density at radius 1 is 1.00 bits per heavy atom. The minimum atomic E-state index is -1.68. The van der Waals surface area contributed by atoms with E-state index in [0.29, 0.717) is 18.9 Å². The number of hydrogen-bond acceptors (Lipinski definition) is 3. The molecule has 2 aromatic rings. The topological polar surface area (TPSA) is 71.1 Å². The largest absolute Gasteiger partial charge is 0.351 e. The van der Waals surface area contributed by atoms with E-state index in [2.05, 4.69) is 15.6 Å². The Kier molecular flexibility index (Phi) is 4.43. The molecule has 2 amide bonds. The monoisotopic (exact) mass is 349 g/mol. The number of rotatable bonds is 5. The summed E-state index contributed by atoms with van der Waals surface area (Å²) in [5.41, 5.74) is -1.01. The lowest BCUT2D eigenvalue weighted by Crippen LogP contribution is -2.39. The van der Waals surface area contributed by atoms with Crippen molar-refractivity contribution in [1.82, 2.24) is 10.3 Å². The van der Waals surface area contributed by atoms with Crippen LogP contribution < -0.4 is 10.6 Å². The first-order valence-electron chi connectivity index (χ1n) is 7.56. The molecule has 0 saturated heterocycles. The lowest BCUT2D eigenvalue weighted by Gasteiger charge is -2.16. The van der Waals surface area contributed by atoms with Crippen molar-refractivity contribution in [3.8, 4) is 0 Å². The summed E-state index contributed by atoms with van der Waals surface area (Å²) in [5, 5.41) is 4.82. The fraction of sp³-hybridized carbons (Fsp3) is 0.235. The zero-order valence-corrected chi connectivity index (χ0v) is 13.0. The van der Waals surface area contributed by atoms with E-state index < -0.39 is 40.4 Å². The zero-order chi connectivity index (χ0) is 18.0. The quantitative estimate of drug-likeness (QED) is 0.644. The molecule has 1 aliphatic rings. The highest BCUT2D eigenvalue weighted by Gasteiger charge is 2.56. The molecule has 0 aliphatic heterocycles. The summed E-state index contributed by atoms with van der Waals surface area (Å²) in [6, 6.07) is 5.06. The van der Waals surface area contributed by atoms with Gasteiger partial charge in [0.1, 0.15) is 5.41 Å². The van der Waals surface area contributed by atoms with E-state index in [1.165, 1.54) is 0 Å². The first-order valence-corrected chi connectivity index (χ1v) is 7.56. The predicted molar refractivity (Wildman–Crippen MR) is 82.7 cm³/mol. The van der Waals surface area contributed by atoms with Crippen LogP contribution in [0.3, 0.4) is 0 Å². The number of carbonyl (C=O) groups is 2. The summed E-state index contributed by atoms with van der Waals surface area (Å²) < 4.78 is 39.8. The molecule has 8 heteroatoms. The second-order valence-electron chi connectivity index (χ2n) is 5.80. The van der Waals surface area contributed by atoms with Crippen molar-refractivity contribution in [1.29, 1.82) is 0 Å². The highest BCUT2D eigenvalue weighted by atomic mass is 19.2. The van der Waals surface area contributed by atoms with E-state index in [-0.39, 0.29) is 6.54 Å². The molecule has 1 aromatic carbocycles. The summed E-state index contributed by atoms with van der Waals surface area (Å²) in [7, 11) is 0. The third kappa shape index (κ3) is 3.33. The maximum Gasteiger partial charge on any atom is 0.240 e. The summed E-state index contributed by atoms with van der Waals surface area (Å²) >= 11 is 0. The molecule has 0 unspecified atom stereocenters. The summed E-state index contributed by atoms with van der Waals surface area (Å²) in [6.07, 6.45) is 3.75. The van der Waals surface area contributed by atoms with Crippen molar-refractivity contribution in [2.24, 2.45) is 5.41 Å². The van der Waals surface area contributed by atoms with Gasteiger partial charge in [0, 0.05) is 18.9 Å². The summed E-state index contributed by atoms with van der Waals surface area (Å²) in [5.74, 6) is -5.77. The number of anilines is 1. The third-order valence-electron chi connectivity index (χ3n) is 4.11. The van der Waals surface area contributed by atoms with Crippen LogP contribution in [0.2, 0.25) is 0 Å². The molecule has 0 radical (unpaired) electrons. The van der Waals surface area contributed by atoms with Crippen LogP contribution in [0.15, 0.2) is 36.7 Å². The molecule has 1 saturated carbocycles. The maximum absolute atomic E-state index is 13.7. The number of nitrogens with one attached hydrogen (secondary N) is 2. The van der Waals surface area contributed by atoms with Crippen LogP contribution in [-0.4, -0.2) is 16.8 Å². The van der Waals surface area contributed by atoms with Gasteiger partial charge in [0.2, 0.25) is 11.8 Å². The van der Waals surface area contributed by atoms with Gasteiger partial charge in [-0.25, -0.2) is 13.2 Å². The highest BCUT2D eigenvalue weighted by Crippen LogP contribution is 2.47. The van der Waals surface area contributed by atoms with Crippen LogP contribution in [0.1, 0.15) is 18.4 Å². The molecule has 1 heterocycles. The van der Waals surface area contributed by atoms with E-state index in [1.54, 1.807) is 24.5 Å². The number of halogens is 3. The Labute approximate surface area is 141 Å². The van der Waals surface area contributed by atoms with Gasteiger partial charge in [0.15, 0.2) is 17.5 Å². The van der Waals surface area contributed by atoms with E-state index >= 15 is 0 Å². The Morgan fingerprint density at radius 3 is 2.32 bits per heavy atom. The average Bonchev–Trinajstić information content (AvgIpc) is 3.43. The molecule has 25 heavy (non-hydrogen) atoms. The Morgan fingerprint density at radius 2 is 1.68 bits per heavy atom. The van der Waals surface area contributed by atoms with Crippen LogP contribution in [-0.2, 0) is 16.1 Å². The number of aromatic nitrogens is 1. The number of amides is 2. The smallest absolute Gasteiger partial charge is 0.240 e. The number of carbonyl (C=O) groups excluding carboxylic acids is 2. The van der Waals surface area contributed by atoms with E-state index in [0.717, 1.165) is 11.6 Å². The Hall–Kier alpha value is -2.90. The first kappa shape index (κ1) is 16.9. The van der Waals surface area contributed by atoms with Crippen LogP contribution in [0, 0.1) is 22.9 Å². The van der Waals surface area contributed by atoms with Gasteiger partial charge in [0.05, 0.1) is 5.69 Å². The molecular weight excluding hydrogens is 335 g/mol. The SMILES string of the molecule is O=C(NCc1ccncc1)C1(C(=O)Nc2ccc(F)c(F)c2F)CC1. The lowest BCUT2D eigenvalue weighted by atomic mass is 10.0. The van der Waals surface area contributed by atoms with Crippen LogP contribution in [0.4, 0.5) is 18.9 Å². The van der Waals surface area contributed by atoms with Crippen molar-refractivity contribution in [3.05, 3.63) is 59.7 Å². The van der Waals surface area contributed by atoms with Crippen molar-refractivity contribution in [2.75, 3.05) is 5.32 Å². The van der Waals surface area contributed by atoms with Crippen molar-refractivity contribution >= 4 is 17.5 Å². The molecule has 1 aliphatic carbocycles. The molecule has 0 spiro atoms. The number of hydrogen-bond donors (Lipinski definition) is 2. The van der Waals surface area contributed by atoms with E-state index in [9.17, 15) is 22.8 Å². The Balaban J connectivity index is 1.67. The van der Waals surface area contributed by atoms with E-state index in [4.69, 9.17) is 0 Å². The molecule has 130 valence electrons. The van der Waals surface area contributed by atoms with Gasteiger partial charge in [-0.1, -0.05) is 0 Å². The minimum absolute atomic E-state index is 0.218. The highest BCUT2D eigenvalue weighted by molar-refractivity contribution is 6.13. The predicted octanol–water partition coefficient (Wildman–Crippen LogP) is 2.53. The van der Waals surface area contributed by atoms with Crippen LogP contribution >= 0.6 is 0 Å². The van der Waals surface area contributed by atoms with Gasteiger partial charge in [-0.2, -0.15) is 0 Å². The van der Waals surface area contributed by atoms with Crippen molar-refractivity contribution in [3.63, 3.8) is 0 Å². The van der Waals surface area contributed by atoms with E-state index in [1.807, 2.05) is 0 Å². The summed E-state index contributed by atoms with van der Waals surface area (Å²) in [4.78, 5) is 28.5. The molecule has 2 N–H and O–H groups in total. The minimum Gasteiger partial charge on any atom is -0.351 e. The molecule has 0 atom stereocenters. The van der Waals surface area contributed by atoms with Gasteiger partial charge in [-0.15, -0.1) is 0 Å². The van der Waals surface area contributed by atoms with Gasteiger partial charge in [0.25, 0.3) is 0 Å². The van der Waals surface area contributed by atoms with Crippen molar-refractivity contribution < 1.29 is 22.8 Å². The standard InChI is InChI=1S/C17H14F3N3O2/c18-11-1-2-12(14(20)13(11)19)23-16(25)17(5-6-17)15(24)22-9-10-3-7-21-8-4-10/h1-4,7-8H,5-6,9H2,(H,22,24)(H,23,25). The number of nitrogens with zero attached hydrogens (tertiary/aromatic N) is 1. The summed E-state index contributed by atoms with van der Waals surface area (Å²) in [6.45, 7) is 0.218. The maximum atomic E-state index is 13.7. The average molecular weight is 349 g/mol. The van der Waals surface area contributed by atoms with Crippen molar-refractivity contribution in [2.45, 2.75) is 19.4 Å². The molecule has 1 aromatic heterocycles. The van der Waals surface area contributed by atoms with Gasteiger partial charge >= 0.3 is 0 Å². The van der Waals surface area contributed by atoms with Gasteiger partial charge < -0.3 is 10.6 Å². The fourth-order valence-electron chi connectivity index (χ4n) is 2.40. The molecule has 5 nitrogen and oxygen atoms in total. The van der Waals surface area contributed by atoms with Gasteiger partial charge in [-0.3, -0.25) is 14.6 Å². The number of pyridine rings is 1. The second-order valence-corrected chi connectivity index (χ2v) is 5.80. The van der Waals surface area contributed by atoms with Crippen LogP contribution in [0.25, 0.3) is 0 Å². The molecule has 1 fully saturated rings. The Bertz CT molecular complexity index is 823. The molecule has 0 bridgehead atoms. The second kappa shape index (κ2) is 6.54. The van der Waals surface area contributed by atoms with Crippen LogP contribution in [0.5, 0.6) is 0 Å².